The van der Waals surface area contributed by atoms with Crippen LogP contribution < -0.4 is 16.0 Å². The second kappa shape index (κ2) is 6.83. The van der Waals surface area contributed by atoms with Gasteiger partial charge in [0.15, 0.2) is 0 Å². The summed E-state index contributed by atoms with van der Waals surface area (Å²) in [6.45, 7) is 0. The average molecular weight is 427 g/mol. The van der Waals surface area contributed by atoms with Crippen LogP contribution in [-0.2, 0) is 0 Å². The number of nitrogens with two attached hydrogens (primary N) is 1. The molecule has 2 N–H and O–H groups in total. The number of alkyl halides is 3. The molecule has 0 aliphatic carbocycles. The first kappa shape index (κ1) is 18.0. The van der Waals surface area contributed by atoms with Crippen LogP contribution in [0.3, 0.4) is 0 Å². The predicted octanol–water partition coefficient (Wildman–Crippen LogP) is 4.43. The highest BCUT2D eigenvalue weighted by molar-refractivity contribution is 9.10. The van der Waals surface area contributed by atoms with Gasteiger partial charge in [0, 0.05) is 9.86 Å². The van der Waals surface area contributed by atoms with Crippen molar-refractivity contribution >= 4 is 38.5 Å². The topological polar surface area (TPSA) is 77.8 Å². The lowest BCUT2D eigenvalue weighted by Gasteiger charge is -2.08. The van der Waals surface area contributed by atoms with Gasteiger partial charge >= 0.3 is 6.36 Å². The Morgan fingerprint density at radius 2 is 1.81 bits per heavy atom. The Morgan fingerprint density at radius 1 is 1.12 bits per heavy atom. The Kier molecular flexibility index (Phi) is 4.73. The van der Waals surface area contributed by atoms with E-state index in [9.17, 15) is 18.0 Å². The Labute approximate surface area is 153 Å². The number of rotatable bonds is 3. The van der Waals surface area contributed by atoms with E-state index in [-0.39, 0.29) is 22.6 Å². The van der Waals surface area contributed by atoms with E-state index in [2.05, 4.69) is 25.7 Å². The number of halogens is 4. The maximum absolute atomic E-state index is 12.2. The highest BCUT2D eigenvalue weighted by atomic mass is 79.9. The first-order valence-corrected chi connectivity index (χ1v) is 7.94. The van der Waals surface area contributed by atoms with Crippen molar-refractivity contribution in [1.29, 1.82) is 0 Å². The van der Waals surface area contributed by atoms with Crippen LogP contribution in [0.5, 0.6) is 5.75 Å². The van der Waals surface area contributed by atoms with Crippen LogP contribution in [0.1, 0.15) is 10.4 Å². The summed E-state index contributed by atoms with van der Waals surface area (Å²) in [5.41, 5.74) is 6.11. The minimum Gasteiger partial charge on any atom is -0.438 e. The fourth-order valence-electron chi connectivity index (χ4n) is 2.20. The molecule has 134 valence electrons. The molecule has 0 radical (unpaired) electrons. The van der Waals surface area contributed by atoms with Gasteiger partial charge in [-0.25, -0.2) is 4.99 Å². The molecular formula is C17H10BrF3N2O3. The lowest BCUT2D eigenvalue weighted by molar-refractivity contribution is -0.274. The number of carbonyl (C=O) groups is 1. The molecule has 0 saturated heterocycles. The van der Waals surface area contributed by atoms with E-state index < -0.39 is 12.3 Å². The fraction of sp³-hybridized carbons (Fsp3) is 0.0588. The van der Waals surface area contributed by atoms with Crippen molar-refractivity contribution in [1.82, 2.24) is 0 Å². The van der Waals surface area contributed by atoms with Gasteiger partial charge in [-0.05, 0) is 48.5 Å². The van der Waals surface area contributed by atoms with E-state index >= 15 is 0 Å². The summed E-state index contributed by atoms with van der Waals surface area (Å²) in [7, 11) is 0. The zero-order valence-corrected chi connectivity index (χ0v) is 14.5. The number of ether oxygens (including phenoxy) is 1. The predicted molar refractivity (Wildman–Crippen MR) is 90.8 cm³/mol. The molecule has 0 aliphatic heterocycles. The molecule has 3 rings (SSSR count). The number of hydrogen-bond acceptors (Lipinski definition) is 4. The second-order valence-corrected chi connectivity index (χ2v) is 6.08. The smallest absolute Gasteiger partial charge is 0.438 e. The maximum atomic E-state index is 12.2. The van der Waals surface area contributed by atoms with E-state index in [4.69, 9.17) is 10.2 Å². The molecule has 1 aromatic heterocycles. The van der Waals surface area contributed by atoms with Crippen molar-refractivity contribution in [2.45, 2.75) is 6.36 Å². The Bertz CT molecular complexity index is 1040. The lowest BCUT2D eigenvalue weighted by Crippen LogP contribution is -2.21. The number of nitrogens with zero attached hydrogens (tertiary/aromatic N) is 1. The Morgan fingerprint density at radius 3 is 2.42 bits per heavy atom. The summed E-state index contributed by atoms with van der Waals surface area (Å²) in [5, 5.41) is 0.640. The second-order valence-electron chi connectivity index (χ2n) is 5.17. The normalized spacial score (nSPS) is 12.4. The number of amides is 1. The summed E-state index contributed by atoms with van der Waals surface area (Å²) in [6.07, 6.45) is -4.78. The quantitative estimate of drug-likeness (QED) is 0.672. The molecule has 2 aromatic carbocycles. The first-order valence-electron chi connectivity index (χ1n) is 7.15. The summed E-state index contributed by atoms with van der Waals surface area (Å²) < 4.78 is 46.8. The molecule has 0 unspecified atom stereocenters. The first-order chi connectivity index (χ1) is 12.2. The molecule has 1 heterocycles. The minimum absolute atomic E-state index is 0.0446. The number of fused-ring (bicyclic) bond motifs is 1. The van der Waals surface area contributed by atoms with Crippen LogP contribution >= 0.6 is 15.9 Å². The van der Waals surface area contributed by atoms with Crippen molar-refractivity contribution in [3.05, 3.63) is 64.1 Å². The molecule has 0 fully saturated rings. The highest BCUT2D eigenvalue weighted by Gasteiger charge is 2.30. The number of benzene rings is 2. The summed E-state index contributed by atoms with van der Waals surface area (Å²) in [4.78, 5) is 15.9. The van der Waals surface area contributed by atoms with Crippen LogP contribution in [0.2, 0.25) is 0 Å². The molecule has 0 spiro atoms. The van der Waals surface area contributed by atoms with E-state index in [0.29, 0.717) is 11.0 Å². The molecule has 26 heavy (non-hydrogen) atoms. The van der Waals surface area contributed by atoms with E-state index in [0.717, 1.165) is 16.6 Å². The molecule has 3 aromatic rings. The number of carbonyl (C=O) groups excluding carboxylic acids is 1. The Hall–Kier alpha value is -2.81. The Balaban J connectivity index is 2.07. The molecule has 0 saturated carbocycles. The zero-order valence-electron chi connectivity index (χ0n) is 12.9. The molecule has 1 amide bonds. The van der Waals surface area contributed by atoms with Gasteiger partial charge < -0.3 is 14.9 Å². The van der Waals surface area contributed by atoms with Gasteiger partial charge in [-0.3, -0.25) is 4.79 Å². The van der Waals surface area contributed by atoms with Crippen LogP contribution in [0, 0.1) is 0 Å². The molecular weight excluding hydrogens is 417 g/mol. The fourth-order valence-corrected chi connectivity index (χ4v) is 2.58. The van der Waals surface area contributed by atoms with E-state index in [1.54, 1.807) is 18.2 Å². The van der Waals surface area contributed by atoms with Gasteiger partial charge in [-0.1, -0.05) is 15.9 Å². The van der Waals surface area contributed by atoms with Gasteiger partial charge in [-0.2, -0.15) is 0 Å². The SMILES string of the molecule is NC(=O)c1cc2cc(Br)ccc2oc1=Nc1ccc(OC(F)(F)F)cc1. The highest BCUT2D eigenvalue weighted by Crippen LogP contribution is 2.25. The molecule has 0 bridgehead atoms. The zero-order chi connectivity index (χ0) is 18.9. The number of hydrogen-bond donors (Lipinski definition) is 1. The van der Waals surface area contributed by atoms with Crippen molar-refractivity contribution in [3.8, 4) is 5.75 Å². The van der Waals surface area contributed by atoms with Crippen molar-refractivity contribution in [2.24, 2.45) is 10.7 Å². The third-order valence-electron chi connectivity index (χ3n) is 3.28. The van der Waals surface area contributed by atoms with Crippen molar-refractivity contribution in [2.75, 3.05) is 0 Å². The standard InChI is InChI=1S/C17H10BrF3N2O3/c18-10-1-6-14-9(7-10)8-13(15(22)24)16(25-14)23-11-2-4-12(5-3-11)26-17(19,20)21/h1-8H,(H2,22,24). The summed E-state index contributed by atoms with van der Waals surface area (Å²) >= 11 is 3.32. The molecule has 5 nitrogen and oxygen atoms in total. The molecule has 0 aliphatic rings. The van der Waals surface area contributed by atoms with Gasteiger partial charge in [-0.15, -0.1) is 13.2 Å². The largest absolute Gasteiger partial charge is 0.573 e. The van der Waals surface area contributed by atoms with Crippen LogP contribution in [0.15, 0.2) is 62.4 Å². The van der Waals surface area contributed by atoms with Gasteiger partial charge in [0.1, 0.15) is 16.9 Å². The van der Waals surface area contributed by atoms with Crippen molar-refractivity contribution in [3.63, 3.8) is 0 Å². The average Bonchev–Trinajstić information content (AvgIpc) is 2.54. The minimum atomic E-state index is -4.78. The van der Waals surface area contributed by atoms with Crippen LogP contribution in [0.25, 0.3) is 11.0 Å². The molecule has 9 heteroatoms. The summed E-state index contributed by atoms with van der Waals surface area (Å²) in [5.74, 6) is -1.13. The van der Waals surface area contributed by atoms with Gasteiger partial charge in [0.05, 0.1) is 5.69 Å². The number of primary amides is 1. The third-order valence-corrected chi connectivity index (χ3v) is 3.77. The van der Waals surface area contributed by atoms with Crippen LogP contribution in [-0.4, -0.2) is 12.3 Å². The molecule has 0 atom stereocenters. The van der Waals surface area contributed by atoms with E-state index in [1.165, 1.54) is 18.2 Å². The van der Waals surface area contributed by atoms with Gasteiger partial charge in [0.25, 0.3) is 5.91 Å². The van der Waals surface area contributed by atoms with Crippen LogP contribution in [0.4, 0.5) is 18.9 Å². The third kappa shape index (κ3) is 4.23. The van der Waals surface area contributed by atoms with E-state index in [1.807, 2.05) is 0 Å². The van der Waals surface area contributed by atoms with Crippen molar-refractivity contribution < 1.29 is 27.1 Å². The monoisotopic (exact) mass is 426 g/mol. The maximum Gasteiger partial charge on any atom is 0.573 e. The van der Waals surface area contributed by atoms with Gasteiger partial charge in [0.2, 0.25) is 5.55 Å². The lowest BCUT2D eigenvalue weighted by atomic mass is 10.2. The summed E-state index contributed by atoms with van der Waals surface area (Å²) in [6, 6.07) is 11.5.